The van der Waals surface area contributed by atoms with Crippen LogP contribution in [-0.2, 0) is 4.79 Å². The van der Waals surface area contributed by atoms with Crippen molar-refractivity contribution < 1.29 is 14.3 Å². The van der Waals surface area contributed by atoms with E-state index in [1.807, 2.05) is 38.1 Å². The van der Waals surface area contributed by atoms with Crippen LogP contribution in [0.5, 0.6) is 11.5 Å². The lowest BCUT2D eigenvalue weighted by atomic mass is 10.2. The number of esters is 1. The average molecular weight is 352 g/mol. The number of rotatable bonds is 7. The van der Waals surface area contributed by atoms with Crippen LogP contribution in [0.4, 0.5) is 0 Å². The molecule has 0 saturated heterocycles. The van der Waals surface area contributed by atoms with Crippen molar-refractivity contribution in [2.75, 3.05) is 6.61 Å². The van der Waals surface area contributed by atoms with Crippen LogP contribution in [0, 0.1) is 6.92 Å². The third kappa shape index (κ3) is 4.04. The molecule has 1 aromatic heterocycles. The van der Waals surface area contributed by atoms with Crippen LogP contribution < -0.4 is 9.47 Å². The Morgan fingerprint density at radius 3 is 2.73 bits per heavy atom. The summed E-state index contributed by atoms with van der Waals surface area (Å²) < 4.78 is 11.1. The van der Waals surface area contributed by atoms with Crippen LogP contribution in [-0.4, -0.2) is 22.5 Å². The number of fused-ring (bicyclic) bond motifs is 1. The van der Waals surface area contributed by atoms with E-state index in [2.05, 4.69) is 23.0 Å². The second kappa shape index (κ2) is 8.04. The minimum atomic E-state index is -0.236. The number of benzene rings is 2. The Bertz CT molecular complexity index is 915. The summed E-state index contributed by atoms with van der Waals surface area (Å²) in [6.07, 6.45) is 2.18. The summed E-state index contributed by atoms with van der Waals surface area (Å²) in [7, 11) is 0. The molecular formula is C21H24N2O3. The van der Waals surface area contributed by atoms with Gasteiger partial charge in [0.2, 0.25) is 0 Å². The fourth-order valence-corrected chi connectivity index (χ4v) is 2.76. The standard InChI is InChI=1S/C21H24N2O3/c1-4-6-7-20(24)26-18-11-9-15(13-19(18)25-5-2)21-22-16-10-8-14(3)12-17(16)23-21/h8-13H,4-7H2,1-3H3,(H,22,23). The molecule has 1 heterocycles. The van der Waals surface area contributed by atoms with Crippen molar-refractivity contribution in [3.63, 3.8) is 0 Å². The molecule has 0 radical (unpaired) electrons. The van der Waals surface area contributed by atoms with Gasteiger partial charge in [0.15, 0.2) is 11.5 Å². The topological polar surface area (TPSA) is 64.2 Å². The number of hydrogen-bond acceptors (Lipinski definition) is 4. The molecule has 0 amide bonds. The van der Waals surface area contributed by atoms with E-state index in [9.17, 15) is 4.79 Å². The number of aromatic nitrogens is 2. The number of nitrogens with zero attached hydrogens (tertiary/aromatic N) is 1. The fourth-order valence-electron chi connectivity index (χ4n) is 2.76. The highest BCUT2D eigenvalue weighted by Crippen LogP contribution is 2.33. The van der Waals surface area contributed by atoms with Crippen LogP contribution in [0.3, 0.4) is 0 Å². The molecule has 3 aromatic rings. The summed E-state index contributed by atoms with van der Waals surface area (Å²) in [6, 6.07) is 11.6. The minimum absolute atomic E-state index is 0.236. The van der Waals surface area contributed by atoms with Crippen molar-refractivity contribution >= 4 is 17.0 Å². The maximum Gasteiger partial charge on any atom is 0.311 e. The number of carbonyl (C=O) groups excluding carboxylic acids is 1. The molecule has 136 valence electrons. The highest BCUT2D eigenvalue weighted by Gasteiger charge is 2.13. The number of carbonyl (C=O) groups is 1. The van der Waals surface area contributed by atoms with E-state index in [0.717, 1.165) is 35.3 Å². The zero-order valence-corrected chi connectivity index (χ0v) is 15.5. The first-order valence-corrected chi connectivity index (χ1v) is 9.05. The smallest absolute Gasteiger partial charge is 0.311 e. The number of hydrogen-bond donors (Lipinski definition) is 1. The Hall–Kier alpha value is -2.82. The molecule has 26 heavy (non-hydrogen) atoms. The zero-order chi connectivity index (χ0) is 18.5. The highest BCUT2D eigenvalue weighted by molar-refractivity contribution is 5.80. The predicted molar refractivity (Wildman–Crippen MR) is 103 cm³/mol. The highest BCUT2D eigenvalue weighted by atomic mass is 16.6. The maximum atomic E-state index is 11.9. The first-order valence-electron chi connectivity index (χ1n) is 9.05. The number of aromatic amines is 1. The minimum Gasteiger partial charge on any atom is -0.490 e. The van der Waals surface area contributed by atoms with Crippen molar-refractivity contribution in [2.24, 2.45) is 0 Å². The number of ether oxygens (including phenoxy) is 2. The zero-order valence-electron chi connectivity index (χ0n) is 15.5. The molecule has 0 aliphatic carbocycles. The Balaban J connectivity index is 1.90. The molecule has 0 saturated carbocycles. The predicted octanol–water partition coefficient (Wildman–Crippen LogP) is 5.03. The van der Waals surface area contributed by atoms with Crippen LogP contribution in [0.15, 0.2) is 36.4 Å². The molecule has 5 nitrogen and oxygen atoms in total. The first kappa shape index (κ1) is 18.0. The van der Waals surface area contributed by atoms with Gasteiger partial charge in [0, 0.05) is 12.0 Å². The van der Waals surface area contributed by atoms with Crippen molar-refractivity contribution in [1.82, 2.24) is 9.97 Å². The van der Waals surface area contributed by atoms with E-state index in [1.54, 1.807) is 6.07 Å². The van der Waals surface area contributed by atoms with Gasteiger partial charge in [0.25, 0.3) is 0 Å². The number of H-pyrrole nitrogens is 1. The van der Waals surface area contributed by atoms with Gasteiger partial charge in [0.05, 0.1) is 17.6 Å². The second-order valence-corrected chi connectivity index (χ2v) is 6.28. The molecule has 1 N–H and O–H groups in total. The lowest BCUT2D eigenvalue weighted by Crippen LogP contribution is -2.08. The summed E-state index contributed by atoms with van der Waals surface area (Å²) in [6.45, 7) is 6.49. The van der Waals surface area contributed by atoms with Gasteiger partial charge in [-0.25, -0.2) is 4.98 Å². The van der Waals surface area contributed by atoms with E-state index in [4.69, 9.17) is 9.47 Å². The van der Waals surface area contributed by atoms with Crippen LogP contribution in [0.2, 0.25) is 0 Å². The van der Waals surface area contributed by atoms with Gasteiger partial charge in [-0.1, -0.05) is 19.4 Å². The van der Waals surface area contributed by atoms with E-state index in [-0.39, 0.29) is 5.97 Å². The van der Waals surface area contributed by atoms with E-state index >= 15 is 0 Å². The molecule has 0 fully saturated rings. The van der Waals surface area contributed by atoms with Crippen molar-refractivity contribution in [2.45, 2.75) is 40.0 Å². The van der Waals surface area contributed by atoms with E-state index < -0.39 is 0 Å². The van der Waals surface area contributed by atoms with Crippen molar-refractivity contribution in [3.8, 4) is 22.9 Å². The Labute approximate surface area is 153 Å². The van der Waals surface area contributed by atoms with Gasteiger partial charge in [0.1, 0.15) is 5.82 Å². The van der Waals surface area contributed by atoms with E-state index in [0.29, 0.717) is 24.5 Å². The number of imidazole rings is 1. The summed E-state index contributed by atoms with van der Waals surface area (Å²) in [5.74, 6) is 1.52. The molecule has 0 unspecified atom stereocenters. The monoisotopic (exact) mass is 352 g/mol. The second-order valence-electron chi connectivity index (χ2n) is 6.28. The Morgan fingerprint density at radius 1 is 1.12 bits per heavy atom. The maximum absolute atomic E-state index is 11.9. The lowest BCUT2D eigenvalue weighted by Gasteiger charge is -2.11. The quantitative estimate of drug-likeness (QED) is 0.478. The molecule has 0 aliphatic rings. The van der Waals surface area contributed by atoms with Gasteiger partial charge in [-0.3, -0.25) is 4.79 Å². The molecule has 0 spiro atoms. The number of nitrogens with one attached hydrogen (secondary N) is 1. The SMILES string of the molecule is CCCCC(=O)Oc1ccc(-c2nc3ccc(C)cc3[nH]2)cc1OCC. The summed E-state index contributed by atoms with van der Waals surface area (Å²) >= 11 is 0. The van der Waals surface area contributed by atoms with Crippen LogP contribution >= 0.6 is 0 Å². The molecule has 0 bridgehead atoms. The molecule has 0 atom stereocenters. The van der Waals surface area contributed by atoms with Gasteiger partial charge >= 0.3 is 5.97 Å². The van der Waals surface area contributed by atoms with Gasteiger partial charge in [-0.2, -0.15) is 0 Å². The first-order chi connectivity index (χ1) is 12.6. The Kier molecular flexibility index (Phi) is 5.56. The lowest BCUT2D eigenvalue weighted by molar-refractivity contribution is -0.134. The third-order valence-electron chi connectivity index (χ3n) is 4.11. The largest absolute Gasteiger partial charge is 0.490 e. The summed E-state index contributed by atoms with van der Waals surface area (Å²) in [5, 5.41) is 0. The van der Waals surface area contributed by atoms with Gasteiger partial charge in [-0.15, -0.1) is 0 Å². The average Bonchev–Trinajstić information content (AvgIpc) is 3.04. The van der Waals surface area contributed by atoms with Gasteiger partial charge in [-0.05, 0) is 56.2 Å². The van der Waals surface area contributed by atoms with Crippen molar-refractivity contribution in [3.05, 3.63) is 42.0 Å². The number of unbranched alkanes of at least 4 members (excludes halogenated alkanes) is 1. The van der Waals surface area contributed by atoms with Crippen LogP contribution in [0.1, 0.15) is 38.7 Å². The molecule has 5 heteroatoms. The normalized spacial score (nSPS) is 10.9. The number of aryl methyl sites for hydroxylation is 1. The van der Waals surface area contributed by atoms with Crippen LogP contribution in [0.25, 0.3) is 22.4 Å². The molecular weight excluding hydrogens is 328 g/mol. The van der Waals surface area contributed by atoms with Crippen molar-refractivity contribution in [1.29, 1.82) is 0 Å². The van der Waals surface area contributed by atoms with Gasteiger partial charge < -0.3 is 14.5 Å². The molecule has 2 aromatic carbocycles. The molecule has 3 rings (SSSR count). The molecule has 0 aliphatic heterocycles. The summed E-state index contributed by atoms with van der Waals surface area (Å²) in [4.78, 5) is 19.9. The summed E-state index contributed by atoms with van der Waals surface area (Å²) in [5.41, 5.74) is 3.97. The third-order valence-corrected chi connectivity index (χ3v) is 4.11. The fraction of sp³-hybridized carbons (Fsp3) is 0.333. The van der Waals surface area contributed by atoms with E-state index in [1.165, 1.54) is 5.56 Å². The Morgan fingerprint density at radius 2 is 1.96 bits per heavy atom.